The van der Waals surface area contributed by atoms with Crippen LogP contribution >= 0.6 is 0 Å². The maximum absolute atomic E-state index is 11.7. The van der Waals surface area contributed by atoms with E-state index in [4.69, 9.17) is 15.3 Å². The molecule has 1 aromatic rings. The first kappa shape index (κ1) is 14.7. The molecule has 7 nitrogen and oxygen atoms in total. The Bertz CT molecular complexity index is 480. The third kappa shape index (κ3) is 4.13. The van der Waals surface area contributed by atoms with Crippen molar-refractivity contribution < 1.29 is 23.9 Å². The van der Waals surface area contributed by atoms with Gasteiger partial charge in [-0.1, -0.05) is 19.8 Å². The highest BCUT2D eigenvalue weighted by molar-refractivity contribution is 5.96. The number of rotatable bonds is 7. The lowest BCUT2D eigenvalue weighted by Gasteiger charge is -2.12. The van der Waals surface area contributed by atoms with E-state index in [1.165, 1.54) is 12.1 Å². The van der Waals surface area contributed by atoms with Gasteiger partial charge in [-0.05, 0) is 18.6 Å². The maximum atomic E-state index is 11.7. The quantitative estimate of drug-likeness (QED) is 0.673. The topological polar surface area (TPSA) is 123 Å². The zero-order valence-electron chi connectivity index (χ0n) is 10.5. The van der Waals surface area contributed by atoms with E-state index >= 15 is 0 Å². The molecule has 2 amide bonds. The van der Waals surface area contributed by atoms with Crippen LogP contribution in [0.3, 0.4) is 0 Å². The number of carbonyl (C=O) groups is 3. The van der Waals surface area contributed by atoms with Crippen LogP contribution in [-0.2, 0) is 4.79 Å². The number of carboxylic acids is 1. The molecule has 0 radical (unpaired) electrons. The Morgan fingerprint density at radius 2 is 2.00 bits per heavy atom. The third-order valence-electron chi connectivity index (χ3n) is 2.52. The van der Waals surface area contributed by atoms with Crippen LogP contribution in [0.1, 0.15) is 47.3 Å². The van der Waals surface area contributed by atoms with Gasteiger partial charge in [0.25, 0.3) is 11.8 Å². The molecular formula is C12H16N2O5. The van der Waals surface area contributed by atoms with Crippen molar-refractivity contribution in [2.24, 2.45) is 5.73 Å². The average molecular weight is 268 g/mol. The Morgan fingerprint density at radius 3 is 2.47 bits per heavy atom. The summed E-state index contributed by atoms with van der Waals surface area (Å²) in [6.07, 6.45) is 1.84. The normalized spacial score (nSPS) is 11.8. The first-order valence-corrected chi connectivity index (χ1v) is 5.89. The van der Waals surface area contributed by atoms with Crippen molar-refractivity contribution in [3.63, 3.8) is 0 Å². The average Bonchev–Trinajstić information content (AvgIpc) is 2.83. The first-order valence-electron chi connectivity index (χ1n) is 5.89. The van der Waals surface area contributed by atoms with Gasteiger partial charge >= 0.3 is 5.97 Å². The lowest BCUT2D eigenvalue weighted by molar-refractivity contribution is -0.139. The minimum Gasteiger partial charge on any atom is -0.480 e. The van der Waals surface area contributed by atoms with Crippen molar-refractivity contribution >= 4 is 17.8 Å². The molecule has 1 rings (SSSR count). The second kappa shape index (κ2) is 6.58. The van der Waals surface area contributed by atoms with Gasteiger partial charge in [-0.3, -0.25) is 9.59 Å². The van der Waals surface area contributed by atoms with Crippen LogP contribution in [0.4, 0.5) is 0 Å². The molecule has 7 heteroatoms. The molecule has 0 spiro atoms. The van der Waals surface area contributed by atoms with Gasteiger partial charge in [0, 0.05) is 0 Å². The first-order chi connectivity index (χ1) is 8.95. The SMILES string of the molecule is CCCC[C@H](NC(=O)c1ccc(C(N)=O)o1)C(=O)O. The number of aliphatic carboxylic acids is 1. The summed E-state index contributed by atoms with van der Waals surface area (Å²) in [5, 5.41) is 11.3. The van der Waals surface area contributed by atoms with E-state index in [1.807, 2.05) is 6.92 Å². The van der Waals surface area contributed by atoms with Crippen LogP contribution in [0.25, 0.3) is 0 Å². The van der Waals surface area contributed by atoms with E-state index in [1.54, 1.807) is 0 Å². The highest BCUT2D eigenvalue weighted by atomic mass is 16.4. The molecule has 1 heterocycles. The standard InChI is InChI=1S/C12H16N2O5/c1-2-3-4-7(12(17)18)14-11(16)9-6-5-8(19-9)10(13)15/h5-7H,2-4H2,1H3,(H2,13,15)(H,14,16)(H,17,18)/t7-/m0/s1. The summed E-state index contributed by atoms with van der Waals surface area (Å²) < 4.78 is 4.91. The van der Waals surface area contributed by atoms with Gasteiger partial charge in [-0.2, -0.15) is 0 Å². The third-order valence-corrected chi connectivity index (χ3v) is 2.52. The van der Waals surface area contributed by atoms with Crippen molar-refractivity contribution in [3.8, 4) is 0 Å². The molecule has 19 heavy (non-hydrogen) atoms. The lowest BCUT2D eigenvalue weighted by Crippen LogP contribution is -2.40. The van der Waals surface area contributed by atoms with Gasteiger partial charge in [0.05, 0.1) is 0 Å². The van der Waals surface area contributed by atoms with Gasteiger partial charge in [0.15, 0.2) is 11.5 Å². The number of nitrogens with one attached hydrogen (secondary N) is 1. The van der Waals surface area contributed by atoms with Crippen LogP contribution in [0.5, 0.6) is 0 Å². The summed E-state index contributed by atoms with van der Waals surface area (Å²) in [6, 6.07) is 1.56. The van der Waals surface area contributed by atoms with E-state index in [2.05, 4.69) is 5.32 Å². The Morgan fingerprint density at radius 1 is 1.37 bits per heavy atom. The van der Waals surface area contributed by atoms with Gasteiger partial charge in [-0.15, -0.1) is 0 Å². The van der Waals surface area contributed by atoms with Crippen LogP contribution in [0.15, 0.2) is 16.5 Å². The van der Waals surface area contributed by atoms with E-state index in [-0.39, 0.29) is 11.5 Å². The molecule has 0 saturated heterocycles. The fourth-order valence-corrected chi connectivity index (χ4v) is 1.49. The van der Waals surface area contributed by atoms with Crippen molar-refractivity contribution in [1.82, 2.24) is 5.32 Å². The second-order valence-electron chi connectivity index (χ2n) is 4.03. The molecule has 4 N–H and O–H groups in total. The van der Waals surface area contributed by atoms with Crippen molar-refractivity contribution in [1.29, 1.82) is 0 Å². The van der Waals surface area contributed by atoms with E-state index in [9.17, 15) is 14.4 Å². The molecule has 0 saturated carbocycles. The fraction of sp³-hybridized carbons (Fsp3) is 0.417. The van der Waals surface area contributed by atoms with E-state index in [0.717, 1.165) is 6.42 Å². The molecule has 0 aliphatic carbocycles. The van der Waals surface area contributed by atoms with Crippen molar-refractivity contribution in [3.05, 3.63) is 23.7 Å². The van der Waals surface area contributed by atoms with Gasteiger partial charge in [0.1, 0.15) is 6.04 Å². The Balaban J connectivity index is 2.70. The zero-order valence-corrected chi connectivity index (χ0v) is 10.5. The van der Waals surface area contributed by atoms with Crippen LogP contribution in [0.2, 0.25) is 0 Å². The van der Waals surface area contributed by atoms with Gasteiger partial charge < -0.3 is 20.6 Å². The molecule has 0 aliphatic rings. The minimum absolute atomic E-state index is 0.142. The lowest BCUT2D eigenvalue weighted by atomic mass is 10.1. The molecular weight excluding hydrogens is 252 g/mol. The number of carbonyl (C=O) groups excluding carboxylic acids is 2. The van der Waals surface area contributed by atoms with Gasteiger partial charge in [0.2, 0.25) is 0 Å². The number of furan rings is 1. The molecule has 0 fully saturated rings. The summed E-state index contributed by atoms with van der Waals surface area (Å²) in [5.74, 6) is -2.87. The number of hydrogen-bond acceptors (Lipinski definition) is 4. The predicted molar refractivity (Wildman–Crippen MR) is 65.6 cm³/mol. The summed E-state index contributed by atoms with van der Waals surface area (Å²) >= 11 is 0. The number of amides is 2. The summed E-state index contributed by atoms with van der Waals surface area (Å²) in [6.45, 7) is 1.92. The molecule has 104 valence electrons. The molecule has 0 bridgehead atoms. The number of carboxylic acid groups (broad SMARTS) is 1. The molecule has 1 atom stereocenters. The van der Waals surface area contributed by atoms with Crippen LogP contribution in [-0.4, -0.2) is 28.9 Å². The van der Waals surface area contributed by atoms with Crippen molar-refractivity contribution in [2.75, 3.05) is 0 Å². The minimum atomic E-state index is -1.11. The monoisotopic (exact) mass is 268 g/mol. The molecule has 0 unspecified atom stereocenters. The Kier molecular flexibility index (Phi) is 5.11. The Labute approximate surface area is 109 Å². The number of hydrogen-bond donors (Lipinski definition) is 3. The largest absolute Gasteiger partial charge is 0.480 e. The predicted octanol–water partition coefficient (Wildman–Crippen LogP) is 0.752. The second-order valence-corrected chi connectivity index (χ2v) is 4.03. The fourth-order valence-electron chi connectivity index (χ4n) is 1.49. The molecule has 1 aromatic heterocycles. The number of primary amides is 1. The van der Waals surface area contributed by atoms with Crippen LogP contribution < -0.4 is 11.1 Å². The molecule has 0 aromatic carbocycles. The Hall–Kier alpha value is -2.31. The highest BCUT2D eigenvalue weighted by Crippen LogP contribution is 2.08. The van der Waals surface area contributed by atoms with Crippen molar-refractivity contribution in [2.45, 2.75) is 32.2 Å². The zero-order chi connectivity index (χ0) is 14.4. The van der Waals surface area contributed by atoms with E-state index in [0.29, 0.717) is 12.8 Å². The molecule has 0 aliphatic heterocycles. The highest BCUT2D eigenvalue weighted by Gasteiger charge is 2.22. The smallest absolute Gasteiger partial charge is 0.326 e. The number of nitrogens with two attached hydrogens (primary N) is 1. The number of unbranched alkanes of at least 4 members (excludes halogenated alkanes) is 1. The summed E-state index contributed by atoms with van der Waals surface area (Å²) in [5.41, 5.74) is 4.98. The summed E-state index contributed by atoms with van der Waals surface area (Å²) in [7, 11) is 0. The van der Waals surface area contributed by atoms with E-state index < -0.39 is 23.8 Å². The van der Waals surface area contributed by atoms with Gasteiger partial charge in [-0.25, -0.2) is 4.79 Å². The summed E-state index contributed by atoms with van der Waals surface area (Å²) in [4.78, 5) is 33.5. The van der Waals surface area contributed by atoms with Crippen LogP contribution in [0, 0.1) is 0 Å². The maximum Gasteiger partial charge on any atom is 0.326 e.